The summed E-state index contributed by atoms with van der Waals surface area (Å²) < 4.78 is 13.8. The second kappa shape index (κ2) is 21.4. The van der Waals surface area contributed by atoms with Crippen molar-refractivity contribution in [3.05, 3.63) is 144 Å². The summed E-state index contributed by atoms with van der Waals surface area (Å²) in [5, 5.41) is 28.3. The van der Waals surface area contributed by atoms with Crippen LogP contribution in [0.15, 0.2) is 110 Å². The fourth-order valence-electron chi connectivity index (χ4n) is 9.31. The maximum atomic E-state index is 13.4. The van der Waals surface area contributed by atoms with Crippen molar-refractivity contribution in [3.8, 4) is 23.1 Å². The van der Waals surface area contributed by atoms with E-state index in [1.165, 1.54) is 64.4 Å². The Morgan fingerprint density at radius 1 is 0.635 bits per heavy atom. The molecule has 0 bridgehead atoms. The molecule has 380 valence electrons. The smallest absolute Gasteiger partial charge is 0.295 e. The van der Waals surface area contributed by atoms with Crippen LogP contribution in [-0.4, -0.2) is 170 Å². The number of carbonyl (C=O) groups excluding carboxylic acids is 6. The van der Waals surface area contributed by atoms with Crippen LogP contribution in [0.1, 0.15) is 66.7 Å². The summed E-state index contributed by atoms with van der Waals surface area (Å²) in [6.45, 7) is 4.87. The fourth-order valence-corrected chi connectivity index (χ4v) is 9.31. The normalized spacial score (nSPS) is 15.7. The minimum Gasteiger partial charge on any atom is -0.494 e. The number of amides is 4. The van der Waals surface area contributed by atoms with Gasteiger partial charge in [-0.25, -0.2) is 19.3 Å². The van der Waals surface area contributed by atoms with Crippen molar-refractivity contribution in [2.45, 2.75) is 39.1 Å². The predicted octanol–water partition coefficient (Wildman–Crippen LogP) is 3.61. The molecule has 74 heavy (non-hydrogen) atoms. The topological polar surface area (TPSA) is 267 Å². The van der Waals surface area contributed by atoms with Gasteiger partial charge in [0.2, 0.25) is 0 Å². The number of rotatable bonds is 12. The Bertz CT molecular complexity index is 3400. The molecule has 6 aromatic heterocycles. The number of ketones is 2. The highest BCUT2D eigenvalue weighted by molar-refractivity contribution is 6.46. The Morgan fingerprint density at radius 3 is 1.57 bits per heavy atom. The molecule has 2 fully saturated rings. The lowest BCUT2D eigenvalue weighted by molar-refractivity contribution is -0.129. The summed E-state index contributed by atoms with van der Waals surface area (Å²) in [7, 11) is 2.92. The molecule has 8 heterocycles. The van der Waals surface area contributed by atoms with Gasteiger partial charge in [-0.3, -0.25) is 28.8 Å². The fraction of sp³-hybridized carbons (Fsp3) is 0.269. The van der Waals surface area contributed by atoms with Gasteiger partial charge in [0.1, 0.15) is 11.5 Å². The van der Waals surface area contributed by atoms with Crippen LogP contribution < -0.4 is 9.47 Å². The highest BCUT2D eigenvalue weighted by atomic mass is 16.5. The summed E-state index contributed by atoms with van der Waals surface area (Å²) in [6, 6.07) is 20.8. The van der Waals surface area contributed by atoms with Gasteiger partial charge in [0.25, 0.3) is 35.2 Å². The standard InChI is InChI=1S/2C26H26N6O5/c1-16-14-30(10-11-31(16)25(35)17-6-4-3-5-7-17)26(36)23(34)19-12-27-22-21(19)20(37-2)13-28-24(22)32-9-8-18(15-33)29-32;1-16-14-30(10-11-31(16)25(35)17-6-4-3-5-7-17)26(36)23(34)19-12-27-22-21(19)20(37-2)13-28-24(22)32-18(15-33)8-9-29-32/h2*3-9,12-13,16,27,33H,10-11,14-15H2,1-2H3/t2*16-/m11/s1. The van der Waals surface area contributed by atoms with Gasteiger partial charge in [0.05, 0.1) is 84.1 Å². The molecule has 2 aromatic carbocycles. The first-order valence-corrected chi connectivity index (χ1v) is 23.6. The number of nitrogens with one attached hydrogen (secondary N) is 2. The van der Waals surface area contributed by atoms with Crippen molar-refractivity contribution < 1.29 is 48.5 Å². The summed E-state index contributed by atoms with van der Waals surface area (Å²) in [5.41, 5.74) is 3.36. The van der Waals surface area contributed by atoms with Gasteiger partial charge < -0.3 is 49.3 Å². The average Bonchev–Trinajstić information content (AvgIpc) is 4.29. The van der Waals surface area contributed by atoms with Gasteiger partial charge in [0, 0.05) is 87.3 Å². The van der Waals surface area contributed by atoms with E-state index in [9.17, 15) is 39.0 Å². The molecule has 8 aromatic rings. The van der Waals surface area contributed by atoms with Crippen LogP contribution in [0.3, 0.4) is 0 Å². The van der Waals surface area contributed by atoms with E-state index in [1.807, 2.05) is 50.2 Å². The number of methoxy groups -OCH3 is 2. The van der Waals surface area contributed by atoms with E-state index >= 15 is 0 Å². The van der Waals surface area contributed by atoms with E-state index in [-0.39, 0.29) is 74.4 Å². The SMILES string of the molecule is COc1cnc(-n2ccc(CO)n2)c2[nH]cc(C(=O)C(=O)N3CCN(C(=O)c4ccccc4)[C@H](C)C3)c12.COc1cnc(-n2nccc2CO)c2[nH]cc(C(=O)C(=O)N3CCN(C(=O)c4ccccc4)[C@H](C)C3)c12. The quantitative estimate of drug-likeness (QED) is 0.101. The Labute approximate surface area is 422 Å². The van der Waals surface area contributed by atoms with Gasteiger partial charge in [-0.2, -0.15) is 10.2 Å². The molecule has 2 atom stereocenters. The number of fused-ring (bicyclic) bond motifs is 2. The molecule has 0 saturated carbocycles. The summed E-state index contributed by atoms with van der Waals surface area (Å²) in [5.74, 6) is -1.49. The lowest BCUT2D eigenvalue weighted by Gasteiger charge is -2.39. The highest BCUT2D eigenvalue weighted by Gasteiger charge is 2.36. The van der Waals surface area contributed by atoms with Crippen molar-refractivity contribution >= 4 is 57.0 Å². The van der Waals surface area contributed by atoms with Gasteiger partial charge in [-0.15, -0.1) is 0 Å². The van der Waals surface area contributed by atoms with E-state index in [0.29, 0.717) is 80.5 Å². The first-order valence-electron chi connectivity index (χ1n) is 23.6. The van der Waals surface area contributed by atoms with Crippen LogP contribution in [0.2, 0.25) is 0 Å². The van der Waals surface area contributed by atoms with Gasteiger partial charge in [-0.05, 0) is 50.2 Å². The molecule has 0 spiro atoms. The number of hydrogen-bond donors (Lipinski definition) is 4. The maximum Gasteiger partial charge on any atom is 0.295 e. The van der Waals surface area contributed by atoms with Crippen LogP contribution in [-0.2, 0) is 22.8 Å². The van der Waals surface area contributed by atoms with Crippen molar-refractivity contribution in [2.75, 3.05) is 53.5 Å². The highest BCUT2D eigenvalue weighted by Crippen LogP contribution is 2.34. The first-order chi connectivity index (χ1) is 35.9. The van der Waals surface area contributed by atoms with Crippen LogP contribution in [0.5, 0.6) is 11.5 Å². The maximum absolute atomic E-state index is 13.4. The van der Waals surface area contributed by atoms with Crippen LogP contribution >= 0.6 is 0 Å². The number of aliphatic hydroxyl groups is 2. The number of nitrogens with zero attached hydrogens (tertiary/aromatic N) is 10. The molecular weight excluding hydrogens is 953 g/mol. The zero-order valence-electron chi connectivity index (χ0n) is 40.8. The third-order valence-corrected chi connectivity index (χ3v) is 13.1. The molecule has 0 aliphatic carbocycles. The molecular formula is C52H52N12O10. The third-order valence-electron chi connectivity index (χ3n) is 13.1. The monoisotopic (exact) mass is 1000 g/mol. The molecule has 0 radical (unpaired) electrons. The lowest BCUT2D eigenvalue weighted by atomic mass is 10.1. The molecule has 2 saturated heterocycles. The second-order valence-corrected chi connectivity index (χ2v) is 17.6. The minimum atomic E-state index is -0.695. The van der Waals surface area contributed by atoms with Crippen molar-refractivity contribution in [2.24, 2.45) is 0 Å². The van der Waals surface area contributed by atoms with Crippen molar-refractivity contribution in [1.29, 1.82) is 0 Å². The van der Waals surface area contributed by atoms with E-state index in [2.05, 4.69) is 30.1 Å². The third kappa shape index (κ3) is 9.45. The van der Waals surface area contributed by atoms with Crippen molar-refractivity contribution in [1.82, 2.24) is 59.1 Å². The summed E-state index contributed by atoms with van der Waals surface area (Å²) >= 11 is 0. The number of aromatic amines is 2. The number of piperazine rings is 2. The number of carbonyl (C=O) groups is 6. The zero-order chi connectivity index (χ0) is 52.2. The van der Waals surface area contributed by atoms with Crippen molar-refractivity contribution in [3.63, 3.8) is 0 Å². The number of hydrogen-bond acceptors (Lipinski definition) is 14. The van der Waals surface area contributed by atoms with Crippen LogP contribution in [0, 0.1) is 0 Å². The Morgan fingerprint density at radius 2 is 1.12 bits per heavy atom. The number of pyridine rings is 2. The minimum absolute atomic E-state index is 0.101. The number of Topliss-reactive ketones (excluding diaryl/α,β-unsaturated/α-hetero) is 2. The molecule has 4 amide bonds. The number of ether oxygens (including phenoxy) is 2. The van der Waals surface area contributed by atoms with Crippen LogP contribution in [0.25, 0.3) is 33.4 Å². The molecule has 22 heteroatoms. The van der Waals surface area contributed by atoms with E-state index in [0.717, 1.165) is 0 Å². The molecule has 10 rings (SSSR count). The number of H-pyrrole nitrogens is 2. The molecule has 0 unspecified atom stereocenters. The number of benzene rings is 2. The molecule has 4 N–H and O–H groups in total. The van der Waals surface area contributed by atoms with Gasteiger partial charge in [-0.1, -0.05) is 36.4 Å². The first kappa shape index (κ1) is 49.9. The lowest BCUT2D eigenvalue weighted by Crippen LogP contribution is -2.56. The van der Waals surface area contributed by atoms with Crippen LogP contribution in [0.4, 0.5) is 0 Å². The molecule has 2 aliphatic heterocycles. The second-order valence-electron chi connectivity index (χ2n) is 17.6. The number of aliphatic hydroxyl groups excluding tert-OH is 2. The zero-order valence-corrected chi connectivity index (χ0v) is 40.8. The summed E-state index contributed by atoms with van der Waals surface area (Å²) in [6.07, 6.45) is 9.01. The van der Waals surface area contributed by atoms with E-state index in [1.54, 1.807) is 52.4 Å². The van der Waals surface area contributed by atoms with Gasteiger partial charge >= 0.3 is 0 Å². The largest absolute Gasteiger partial charge is 0.494 e. The Kier molecular flexibility index (Phi) is 14.4. The van der Waals surface area contributed by atoms with E-state index in [4.69, 9.17) is 9.47 Å². The van der Waals surface area contributed by atoms with Gasteiger partial charge in [0.15, 0.2) is 11.6 Å². The number of aromatic nitrogens is 8. The Hall–Kier alpha value is -9.02. The Balaban J connectivity index is 0.000000182. The average molecular weight is 1010 g/mol. The predicted molar refractivity (Wildman–Crippen MR) is 267 cm³/mol. The summed E-state index contributed by atoms with van der Waals surface area (Å²) in [4.78, 5) is 100. The van der Waals surface area contributed by atoms with E-state index < -0.39 is 23.4 Å². The molecule has 22 nitrogen and oxygen atoms in total. The molecule has 2 aliphatic rings.